The maximum Gasteiger partial charge on any atom is 0.234 e. The van der Waals surface area contributed by atoms with E-state index >= 15 is 0 Å². The van der Waals surface area contributed by atoms with Crippen LogP contribution < -0.4 is 5.32 Å². The number of nitrogens with zero attached hydrogens (tertiary/aromatic N) is 3. The van der Waals surface area contributed by atoms with Gasteiger partial charge in [-0.05, 0) is 19.4 Å². The Hall–Kier alpha value is -1.47. The van der Waals surface area contributed by atoms with Crippen LogP contribution in [-0.2, 0) is 17.6 Å². The van der Waals surface area contributed by atoms with Gasteiger partial charge in [-0.1, -0.05) is 12.1 Å². The number of carbonyl (C=O) groups excluding carboxylic acids is 1. The number of likely N-dealkylation sites (tertiary alicyclic amines) is 1. The van der Waals surface area contributed by atoms with Crippen molar-refractivity contribution < 1.29 is 14.4 Å². The van der Waals surface area contributed by atoms with Crippen molar-refractivity contribution in [2.45, 2.75) is 38.7 Å². The number of hydrogen-bond donors (Lipinski definition) is 2. The molecule has 1 unspecified atom stereocenters. The van der Waals surface area contributed by atoms with E-state index in [-0.39, 0.29) is 12.0 Å². The predicted octanol–water partition coefficient (Wildman–Crippen LogP) is -0.253. The van der Waals surface area contributed by atoms with Crippen LogP contribution in [0.1, 0.15) is 31.5 Å². The Balaban J connectivity index is 1.64. The summed E-state index contributed by atoms with van der Waals surface area (Å²) >= 11 is 0. The van der Waals surface area contributed by atoms with Crippen LogP contribution in [0.25, 0.3) is 0 Å². The molecule has 0 aliphatic carbocycles. The zero-order chi connectivity index (χ0) is 14.4. The molecule has 2 heterocycles. The second-order valence-corrected chi connectivity index (χ2v) is 5.09. The molecule has 0 radical (unpaired) electrons. The van der Waals surface area contributed by atoms with Crippen molar-refractivity contribution in [2.24, 2.45) is 0 Å². The smallest absolute Gasteiger partial charge is 0.234 e. The van der Waals surface area contributed by atoms with Crippen LogP contribution >= 0.6 is 0 Å². The van der Waals surface area contributed by atoms with E-state index in [0.29, 0.717) is 37.8 Å². The Morgan fingerprint density at radius 3 is 3.15 bits per heavy atom. The van der Waals surface area contributed by atoms with Crippen LogP contribution in [0.4, 0.5) is 0 Å². The molecule has 1 aromatic rings. The molecular formula is C13H22N4O3. The highest BCUT2D eigenvalue weighted by Crippen LogP contribution is 2.08. The number of nitrogens with one attached hydrogen (secondary N) is 1. The molecule has 1 aliphatic heterocycles. The van der Waals surface area contributed by atoms with Gasteiger partial charge in [0.2, 0.25) is 11.8 Å². The lowest BCUT2D eigenvalue weighted by atomic mass is 10.1. The lowest BCUT2D eigenvalue weighted by molar-refractivity contribution is -0.122. The second-order valence-electron chi connectivity index (χ2n) is 5.09. The third kappa shape index (κ3) is 4.57. The van der Waals surface area contributed by atoms with Crippen molar-refractivity contribution in [1.82, 2.24) is 20.4 Å². The molecule has 7 heteroatoms. The number of piperidine rings is 1. The molecule has 0 saturated carbocycles. The van der Waals surface area contributed by atoms with E-state index < -0.39 is 0 Å². The molecule has 2 N–H and O–H groups in total. The van der Waals surface area contributed by atoms with E-state index in [4.69, 9.17) is 4.52 Å². The lowest BCUT2D eigenvalue weighted by Gasteiger charge is -2.29. The third-order valence-electron chi connectivity index (χ3n) is 3.34. The van der Waals surface area contributed by atoms with Crippen molar-refractivity contribution in [2.75, 3.05) is 26.2 Å². The first-order chi connectivity index (χ1) is 9.67. The average molecular weight is 282 g/mol. The highest BCUT2D eigenvalue weighted by Gasteiger charge is 2.19. The molecule has 1 saturated heterocycles. The van der Waals surface area contributed by atoms with Crippen molar-refractivity contribution in [1.29, 1.82) is 0 Å². The van der Waals surface area contributed by atoms with E-state index in [1.54, 1.807) is 0 Å². The van der Waals surface area contributed by atoms with Crippen molar-refractivity contribution in [3.8, 4) is 0 Å². The standard InChI is InChI=1S/C13H22N4O3/c1-2-11-15-13(20-16-11)5-6-14-12(19)9-17-7-3-4-10(18)8-17/h10,18H,2-9H2,1H3,(H,14,19). The third-order valence-corrected chi connectivity index (χ3v) is 3.34. The number of β-amino-alcohol motifs (C(OH)–C–C–N with tert-alkyl or cyclic N) is 1. The Morgan fingerprint density at radius 1 is 1.60 bits per heavy atom. The monoisotopic (exact) mass is 282 g/mol. The maximum atomic E-state index is 11.8. The Bertz CT molecular complexity index is 435. The summed E-state index contributed by atoms with van der Waals surface area (Å²) in [6, 6.07) is 0. The van der Waals surface area contributed by atoms with Gasteiger partial charge < -0.3 is 14.9 Å². The molecule has 7 nitrogen and oxygen atoms in total. The van der Waals surface area contributed by atoms with Crippen LogP contribution in [0.3, 0.4) is 0 Å². The molecule has 2 rings (SSSR count). The topological polar surface area (TPSA) is 91.5 Å². The van der Waals surface area contributed by atoms with Crippen molar-refractivity contribution >= 4 is 5.91 Å². The van der Waals surface area contributed by atoms with Crippen LogP contribution in [0, 0.1) is 0 Å². The molecule has 0 spiro atoms. The van der Waals surface area contributed by atoms with E-state index in [9.17, 15) is 9.90 Å². The van der Waals surface area contributed by atoms with Crippen LogP contribution in [0.2, 0.25) is 0 Å². The molecule has 1 aromatic heterocycles. The van der Waals surface area contributed by atoms with E-state index in [0.717, 1.165) is 25.8 Å². The number of aromatic nitrogens is 2. The SMILES string of the molecule is CCc1noc(CCNC(=O)CN2CCCC(O)C2)n1. The van der Waals surface area contributed by atoms with Gasteiger partial charge in [0, 0.05) is 25.9 Å². The van der Waals surface area contributed by atoms with Crippen LogP contribution in [0.15, 0.2) is 4.52 Å². The lowest BCUT2D eigenvalue weighted by Crippen LogP contribution is -2.44. The van der Waals surface area contributed by atoms with Gasteiger partial charge in [0.1, 0.15) is 0 Å². The number of hydrogen-bond acceptors (Lipinski definition) is 6. The molecule has 1 fully saturated rings. The molecule has 1 aliphatic rings. The Morgan fingerprint density at radius 2 is 2.45 bits per heavy atom. The maximum absolute atomic E-state index is 11.8. The van der Waals surface area contributed by atoms with Gasteiger partial charge in [0.05, 0.1) is 12.6 Å². The molecular weight excluding hydrogens is 260 g/mol. The minimum atomic E-state index is -0.303. The first-order valence-corrected chi connectivity index (χ1v) is 7.16. The molecule has 112 valence electrons. The summed E-state index contributed by atoms with van der Waals surface area (Å²) in [6.07, 6.45) is 2.75. The summed E-state index contributed by atoms with van der Waals surface area (Å²) in [5.41, 5.74) is 0. The first-order valence-electron chi connectivity index (χ1n) is 7.16. The minimum absolute atomic E-state index is 0.0330. The fourth-order valence-electron chi connectivity index (χ4n) is 2.28. The highest BCUT2D eigenvalue weighted by atomic mass is 16.5. The van der Waals surface area contributed by atoms with Crippen LogP contribution in [0.5, 0.6) is 0 Å². The zero-order valence-corrected chi connectivity index (χ0v) is 11.8. The Labute approximate surface area is 118 Å². The van der Waals surface area contributed by atoms with Crippen molar-refractivity contribution in [3.63, 3.8) is 0 Å². The number of rotatable bonds is 6. The molecule has 0 bridgehead atoms. The second kappa shape index (κ2) is 7.35. The van der Waals surface area contributed by atoms with E-state index in [2.05, 4.69) is 15.5 Å². The van der Waals surface area contributed by atoms with Gasteiger partial charge in [-0.2, -0.15) is 4.98 Å². The average Bonchev–Trinajstić information content (AvgIpc) is 2.86. The number of amides is 1. The van der Waals surface area contributed by atoms with Gasteiger partial charge in [0.15, 0.2) is 5.82 Å². The first kappa shape index (κ1) is 14.9. The summed E-state index contributed by atoms with van der Waals surface area (Å²) in [7, 11) is 0. The molecule has 20 heavy (non-hydrogen) atoms. The Kier molecular flexibility index (Phi) is 5.49. The number of carbonyl (C=O) groups is 1. The number of aryl methyl sites for hydroxylation is 1. The summed E-state index contributed by atoms with van der Waals surface area (Å²) in [4.78, 5) is 17.9. The quantitative estimate of drug-likeness (QED) is 0.747. The molecule has 1 atom stereocenters. The predicted molar refractivity (Wildman–Crippen MR) is 72.1 cm³/mol. The summed E-state index contributed by atoms with van der Waals surface area (Å²) in [5.74, 6) is 1.21. The summed E-state index contributed by atoms with van der Waals surface area (Å²) < 4.78 is 5.05. The van der Waals surface area contributed by atoms with E-state index in [1.165, 1.54) is 0 Å². The molecule has 1 amide bonds. The van der Waals surface area contributed by atoms with Gasteiger partial charge in [-0.25, -0.2) is 0 Å². The van der Waals surface area contributed by atoms with Crippen LogP contribution in [-0.4, -0.2) is 58.3 Å². The number of aliphatic hydroxyl groups is 1. The normalized spacial score (nSPS) is 20.0. The highest BCUT2D eigenvalue weighted by molar-refractivity contribution is 5.78. The summed E-state index contributed by atoms with van der Waals surface area (Å²) in [6.45, 7) is 4.23. The van der Waals surface area contributed by atoms with E-state index in [1.807, 2.05) is 11.8 Å². The molecule has 0 aromatic carbocycles. The van der Waals surface area contributed by atoms with Gasteiger partial charge >= 0.3 is 0 Å². The largest absolute Gasteiger partial charge is 0.392 e. The van der Waals surface area contributed by atoms with Gasteiger partial charge in [0.25, 0.3) is 0 Å². The number of aliphatic hydroxyl groups excluding tert-OH is 1. The minimum Gasteiger partial charge on any atom is -0.392 e. The van der Waals surface area contributed by atoms with Crippen molar-refractivity contribution in [3.05, 3.63) is 11.7 Å². The zero-order valence-electron chi connectivity index (χ0n) is 11.8. The summed E-state index contributed by atoms with van der Waals surface area (Å²) in [5, 5.41) is 16.2. The fraction of sp³-hybridized carbons (Fsp3) is 0.769. The van der Waals surface area contributed by atoms with Gasteiger partial charge in [-0.3, -0.25) is 9.69 Å². The fourth-order valence-corrected chi connectivity index (χ4v) is 2.28. The van der Waals surface area contributed by atoms with Gasteiger partial charge in [-0.15, -0.1) is 0 Å².